The number of imidazole rings is 1. The molecule has 1 saturated heterocycles. The monoisotopic (exact) mass is 426 g/mol. The SMILES string of the molecule is CC.COc1ccc(-c2nc(N3CCCC(C(=O)NCCO)C3)nc3nc[nH]c23)cc1. The number of H-pyrrole nitrogens is 1. The molecule has 1 aromatic carbocycles. The van der Waals surface area contributed by atoms with Gasteiger partial charge in [-0.2, -0.15) is 4.98 Å². The molecular weight excluding hydrogens is 396 g/mol. The molecule has 0 radical (unpaired) electrons. The lowest BCUT2D eigenvalue weighted by atomic mass is 9.97. The summed E-state index contributed by atoms with van der Waals surface area (Å²) in [6.45, 7) is 5.52. The summed E-state index contributed by atoms with van der Waals surface area (Å²) in [5, 5.41) is 11.7. The second-order valence-electron chi connectivity index (χ2n) is 7.00. The minimum absolute atomic E-state index is 0.0417. The first-order chi connectivity index (χ1) is 15.2. The standard InChI is InChI=1S/C20H24N6O3.C2H6/c1-29-15-6-4-13(5-7-15)16-17-18(23-12-22-17)25-20(24-16)26-9-2-3-14(11-26)19(28)21-8-10-27;1-2/h4-7,12,14,27H,2-3,8-11H2,1H3,(H,21,28)(H,22,23,24,25);1-2H3. The predicted molar refractivity (Wildman–Crippen MR) is 120 cm³/mol. The van der Waals surface area contributed by atoms with Crippen molar-refractivity contribution in [3.05, 3.63) is 30.6 Å². The molecule has 1 fully saturated rings. The Balaban J connectivity index is 0.00000132. The van der Waals surface area contributed by atoms with Crippen LogP contribution in [0.25, 0.3) is 22.4 Å². The van der Waals surface area contributed by atoms with Crippen molar-refractivity contribution in [1.29, 1.82) is 0 Å². The molecule has 0 bridgehead atoms. The van der Waals surface area contributed by atoms with Crippen molar-refractivity contribution < 1.29 is 14.6 Å². The molecule has 3 aromatic rings. The Kier molecular flexibility index (Phi) is 7.77. The number of hydrogen-bond donors (Lipinski definition) is 3. The van der Waals surface area contributed by atoms with Gasteiger partial charge in [0.2, 0.25) is 11.9 Å². The van der Waals surface area contributed by atoms with E-state index in [9.17, 15) is 4.79 Å². The average Bonchev–Trinajstić information content (AvgIpc) is 3.32. The number of aliphatic hydroxyl groups excluding tert-OH is 1. The molecule has 0 aliphatic carbocycles. The Labute approximate surface area is 181 Å². The van der Waals surface area contributed by atoms with E-state index in [4.69, 9.17) is 14.8 Å². The largest absolute Gasteiger partial charge is 0.497 e. The second-order valence-corrected chi connectivity index (χ2v) is 7.00. The van der Waals surface area contributed by atoms with Gasteiger partial charge in [-0.05, 0) is 37.1 Å². The van der Waals surface area contributed by atoms with Crippen molar-refractivity contribution in [2.45, 2.75) is 26.7 Å². The lowest BCUT2D eigenvalue weighted by Gasteiger charge is -2.32. The Morgan fingerprint density at radius 1 is 1.29 bits per heavy atom. The minimum atomic E-state index is -0.154. The zero-order chi connectivity index (χ0) is 22.2. The van der Waals surface area contributed by atoms with Crippen LogP contribution in [0.15, 0.2) is 30.6 Å². The van der Waals surface area contributed by atoms with Crippen molar-refractivity contribution in [2.75, 3.05) is 38.3 Å². The number of aliphatic hydroxyl groups is 1. The number of hydrogen-bond acceptors (Lipinski definition) is 7. The van der Waals surface area contributed by atoms with Crippen molar-refractivity contribution in [1.82, 2.24) is 25.3 Å². The Hall–Kier alpha value is -3.20. The van der Waals surface area contributed by atoms with Gasteiger partial charge in [0.25, 0.3) is 0 Å². The average molecular weight is 427 g/mol. The molecule has 1 atom stereocenters. The van der Waals surface area contributed by atoms with Gasteiger partial charge in [-0.25, -0.2) is 9.97 Å². The molecule has 31 heavy (non-hydrogen) atoms. The van der Waals surface area contributed by atoms with Gasteiger partial charge in [-0.15, -0.1) is 0 Å². The zero-order valence-corrected chi connectivity index (χ0v) is 18.3. The number of fused-ring (bicyclic) bond motifs is 1. The van der Waals surface area contributed by atoms with Crippen LogP contribution >= 0.6 is 0 Å². The number of rotatable bonds is 6. The Bertz CT molecular complexity index is 989. The van der Waals surface area contributed by atoms with E-state index in [0.717, 1.165) is 41.9 Å². The lowest BCUT2D eigenvalue weighted by Crippen LogP contribution is -2.44. The summed E-state index contributed by atoms with van der Waals surface area (Å²) in [4.78, 5) is 31.2. The van der Waals surface area contributed by atoms with Gasteiger partial charge in [-0.1, -0.05) is 13.8 Å². The van der Waals surface area contributed by atoms with Crippen LogP contribution in [0.2, 0.25) is 0 Å². The molecular formula is C22H30N6O3. The highest BCUT2D eigenvalue weighted by Crippen LogP contribution is 2.29. The van der Waals surface area contributed by atoms with Gasteiger partial charge in [0, 0.05) is 25.2 Å². The fourth-order valence-electron chi connectivity index (χ4n) is 3.62. The van der Waals surface area contributed by atoms with Crippen LogP contribution < -0.4 is 15.0 Å². The first-order valence-electron chi connectivity index (χ1n) is 10.7. The summed E-state index contributed by atoms with van der Waals surface area (Å²) in [5.41, 5.74) is 3.05. The number of aromatic nitrogens is 4. The third kappa shape index (κ3) is 5.11. The highest BCUT2D eigenvalue weighted by Gasteiger charge is 2.28. The lowest BCUT2D eigenvalue weighted by molar-refractivity contribution is -0.125. The predicted octanol–water partition coefficient (Wildman–Crippen LogP) is 2.38. The summed E-state index contributed by atoms with van der Waals surface area (Å²) in [5.74, 6) is 1.14. The molecule has 0 spiro atoms. The van der Waals surface area contributed by atoms with Gasteiger partial charge in [0.05, 0.1) is 26.0 Å². The number of amides is 1. The molecule has 1 aliphatic rings. The smallest absolute Gasteiger partial charge is 0.228 e. The van der Waals surface area contributed by atoms with Crippen LogP contribution in [0.3, 0.4) is 0 Å². The van der Waals surface area contributed by atoms with E-state index in [1.165, 1.54) is 0 Å². The Morgan fingerprint density at radius 2 is 2.06 bits per heavy atom. The maximum Gasteiger partial charge on any atom is 0.228 e. The van der Waals surface area contributed by atoms with Crippen LogP contribution in [0.1, 0.15) is 26.7 Å². The van der Waals surface area contributed by atoms with Crippen LogP contribution in [0, 0.1) is 5.92 Å². The maximum absolute atomic E-state index is 12.3. The highest BCUT2D eigenvalue weighted by atomic mass is 16.5. The van der Waals surface area contributed by atoms with E-state index in [1.54, 1.807) is 13.4 Å². The van der Waals surface area contributed by atoms with Gasteiger partial charge < -0.3 is 25.0 Å². The maximum atomic E-state index is 12.3. The van der Waals surface area contributed by atoms with Gasteiger partial charge >= 0.3 is 0 Å². The number of nitrogens with one attached hydrogen (secondary N) is 2. The van der Waals surface area contributed by atoms with Crippen molar-refractivity contribution in [3.63, 3.8) is 0 Å². The quantitative estimate of drug-likeness (QED) is 0.554. The molecule has 3 heterocycles. The molecule has 9 nitrogen and oxygen atoms in total. The molecule has 2 aromatic heterocycles. The fraction of sp³-hybridized carbons (Fsp3) is 0.455. The molecule has 1 unspecified atom stereocenters. The topological polar surface area (TPSA) is 116 Å². The van der Waals surface area contributed by atoms with Crippen molar-refractivity contribution in [3.8, 4) is 17.0 Å². The number of methoxy groups -OCH3 is 1. The first-order valence-corrected chi connectivity index (χ1v) is 10.7. The van der Waals surface area contributed by atoms with Gasteiger partial charge in [0.1, 0.15) is 17.0 Å². The van der Waals surface area contributed by atoms with E-state index >= 15 is 0 Å². The highest BCUT2D eigenvalue weighted by molar-refractivity contribution is 5.88. The third-order valence-corrected chi connectivity index (χ3v) is 5.12. The molecule has 166 valence electrons. The van der Waals surface area contributed by atoms with Crippen molar-refractivity contribution in [2.24, 2.45) is 5.92 Å². The van der Waals surface area contributed by atoms with E-state index in [2.05, 4.69) is 20.3 Å². The normalized spacial score (nSPS) is 15.9. The number of benzene rings is 1. The summed E-state index contributed by atoms with van der Waals surface area (Å²) >= 11 is 0. The molecule has 4 rings (SSSR count). The number of piperidine rings is 1. The molecule has 0 saturated carbocycles. The third-order valence-electron chi connectivity index (χ3n) is 5.12. The van der Waals surface area contributed by atoms with Crippen LogP contribution in [-0.2, 0) is 4.79 Å². The van der Waals surface area contributed by atoms with E-state index in [-0.39, 0.29) is 25.0 Å². The van der Waals surface area contributed by atoms with E-state index < -0.39 is 0 Å². The fourth-order valence-corrected chi connectivity index (χ4v) is 3.62. The summed E-state index contributed by atoms with van der Waals surface area (Å²) < 4.78 is 5.24. The van der Waals surface area contributed by atoms with Gasteiger partial charge in [0.15, 0.2) is 5.65 Å². The van der Waals surface area contributed by atoms with Gasteiger partial charge in [-0.3, -0.25) is 4.79 Å². The Morgan fingerprint density at radius 3 is 2.77 bits per heavy atom. The second kappa shape index (κ2) is 10.7. The number of carbonyl (C=O) groups is 1. The summed E-state index contributed by atoms with van der Waals surface area (Å²) in [7, 11) is 1.63. The zero-order valence-electron chi connectivity index (χ0n) is 18.3. The number of aromatic amines is 1. The van der Waals surface area contributed by atoms with E-state index in [0.29, 0.717) is 18.1 Å². The molecule has 1 amide bonds. The molecule has 9 heteroatoms. The number of nitrogens with zero attached hydrogens (tertiary/aromatic N) is 4. The summed E-state index contributed by atoms with van der Waals surface area (Å²) in [6, 6.07) is 7.68. The van der Waals surface area contributed by atoms with Crippen LogP contribution in [0.4, 0.5) is 5.95 Å². The van der Waals surface area contributed by atoms with E-state index in [1.807, 2.05) is 43.0 Å². The van der Waals surface area contributed by atoms with Crippen LogP contribution in [0.5, 0.6) is 5.75 Å². The molecule has 3 N–H and O–H groups in total. The number of ether oxygens (including phenoxy) is 1. The summed E-state index contributed by atoms with van der Waals surface area (Å²) in [6.07, 6.45) is 3.29. The molecule has 1 aliphatic heterocycles. The number of carbonyl (C=O) groups excluding carboxylic acids is 1. The van der Waals surface area contributed by atoms with Crippen molar-refractivity contribution >= 4 is 23.0 Å². The van der Waals surface area contributed by atoms with Crippen LogP contribution in [-0.4, -0.2) is 64.3 Å². The first kappa shape index (κ1) is 22.5. The number of anilines is 1. The minimum Gasteiger partial charge on any atom is -0.497 e.